The lowest BCUT2D eigenvalue weighted by Crippen LogP contribution is -2.29. The molecule has 0 amide bonds. The number of carboxylic acids is 1. The van der Waals surface area contributed by atoms with Gasteiger partial charge in [0.25, 0.3) is 10.0 Å². The number of nitrogens with one attached hydrogen (secondary N) is 1. The molecule has 1 fully saturated rings. The fourth-order valence-electron chi connectivity index (χ4n) is 2.10. The molecule has 1 aliphatic rings. The molecular weight excluding hydrogens is 369 g/mol. The predicted molar refractivity (Wildman–Crippen MR) is 74.7 cm³/mol. The molecule has 9 heteroatoms. The van der Waals surface area contributed by atoms with Crippen molar-refractivity contribution in [2.45, 2.75) is 36.7 Å². The van der Waals surface area contributed by atoms with Crippen molar-refractivity contribution in [2.75, 3.05) is 0 Å². The molecule has 0 atom stereocenters. The average molecular weight is 382 g/mol. The van der Waals surface area contributed by atoms with Crippen LogP contribution in [0.5, 0.6) is 0 Å². The molecule has 1 aromatic carbocycles. The molecular formula is C12H13BrFNO5S. The molecule has 1 aliphatic carbocycles. The van der Waals surface area contributed by atoms with Gasteiger partial charge in [-0.3, -0.25) is 4.84 Å². The lowest BCUT2D eigenvalue weighted by atomic mass is 10.2. The zero-order valence-electron chi connectivity index (χ0n) is 10.8. The number of benzene rings is 1. The van der Waals surface area contributed by atoms with Crippen LogP contribution in [0.4, 0.5) is 4.39 Å². The molecule has 0 spiro atoms. The number of hydrogen-bond acceptors (Lipinski definition) is 4. The summed E-state index contributed by atoms with van der Waals surface area (Å²) >= 11 is 2.96. The van der Waals surface area contributed by atoms with Gasteiger partial charge in [0.05, 0.1) is 11.7 Å². The molecule has 1 saturated carbocycles. The van der Waals surface area contributed by atoms with Gasteiger partial charge in [-0.05, 0) is 25.0 Å². The highest BCUT2D eigenvalue weighted by atomic mass is 79.9. The first-order valence-electron chi connectivity index (χ1n) is 6.21. The van der Waals surface area contributed by atoms with Crippen molar-refractivity contribution < 1.29 is 27.5 Å². The van der Waals surface area contributed by atoms with Crippen molar-refractivity contribution in [3.05, 3.63) is 28.0 Å². The first-order chi connectivity index (χ1) is 9.81. The van der Waals surface area contributed by atoms with Crippen molar-refractivity contribution in [2.24, 2.45) is 0 Å². The Labute approximate surface area is 129 Å². The maximum absolute atomic E-state index is 14.0. The van der Waals surface area contributed by atoms with Gasteiger partial charge in [-0.15, -0.1) is 0 Å². The van der Waals surface area contributed by atoms with E-state index in [4.69, 9.17) is 9.94 Å². The topological polar surface area (TPSA) is 92.7 Å². The van der Waals surface area contributed by atoms with Gasteiger partial charge in [0.1, 0.15) is 4.90 Å². The zero-order chi connectivity index (χ0) is 15.6. The van der Waals surface area contributed by atoms with Crippen LogP contribution < -0.4 is 4.89 Å². The minimum Gasteiger partial charge on any atom is -0.478 e. The van der Waals surface area contributed by atoms with E-state index < -0.39 is 32.3 Å². The monoisotopic (exact) mass is 381 g/mol. The van der Waals surface area contributed by atoms with Gasteiger partial charge in [0.15, 0.2) is 5.82 Å². The van der Waals surface area contributed by atoms with E-state index >= 15 is 0 Å². The van der Waals surface area contributed by atoms with Crippen molar-refractivity contribution in [1.29, 1.82) is 0 Å². The number of aromatic carboxylic acids is 1. The second-order valence-corrected chi connectivity index (χ2v) is 7.21. The van der Waals surface area contributed by atoms with Crippen molar-refractivity contribution >= 4 is 31.9 Å². The first-order valence-corrected chi connectivity index (χ1v) is 8.48. The molecule has 1 aromatic rings. The zero-order valence-corrected chi connectivity index (χ0v) is 13.2. The molecule has 2 rings (SSSR count). The van der Waals surface area contributed by atoms with E-state index in [0.29, 0.717) is 0 Å². The molecule has 0 bridgehead atoms. The van der Waals surface area contributed by atoms with Crippen LogP contribution in [0.3, 0.4) is 0 Å². The standard InChI is InChI=1S/C12H13BrFNO5S/c13-7-5-9(12(16)17)11(14)10(6-7)21(18,19)15-20-8-3-1-2-4-8/h5-6,8,15H,1-4H2,(H,16,17). The summed E-state index contributed by atoms with van der Waals surface area (Å²) in [7, 11) is -4.30. The fourth-order valence-corrected chi connectivity index (χ4v) is 3.69. The van der Waals surface area contributed by atoms with E-state index in [0.717, 1.165) is 37.8 Å². The number of carbonyl (C=O) groups is 1. The smallest absolute Gasteiger partial charge is 0.338 e. The molecule has 0 aromatic heterocycles. The molecule has 21 heavy (non-hydrogen) atoms. The van der Waals surface area contributed by atoms with Gasteiger partial charge >= 0.3 is 5.97 Å². The van der Waals surface area contributed by atoms with E-state index in [9.17, 15) is 17.6 Å². The van der Waals surface area contributed by atoms with Crippen LogP contribution in [0, 0.1) is 5.82 Å². The third-order valence-electron chi connectivity index (χ3n) is 3.15. The SMILES string of the molecule is O=C(O)c1cc(Br)cc(S(=O)(=O)NOC2CCCC2)c1F. The quantitative estimate of drug-likeness (QED) is 0.764. The molecule has 0 heterocycles. The van der Waals surface area contributed by atoms with E-state index in [1.54, 1.807) is 0 Å². The van der Waals surface area contributed by atoms with Crippen molar-refractivity contribution in [1.82, 2.24) is 4.89 Å². The van der Waals surface area contributed by atoms with Gasteiger partial charge in [-0.25, -0.2) is 17.6 Å². The number of rotatable bonds is 5. The number of carboxylic acid groups (broad SMARTS) is 1. The number of sulfonamides is 1. The molecule has 0 aliphatic heterocycles. The van der Waals surface area contributed by atoms with Crippen LogP contribution in [0.2, 0.25) is 0 Å². The largest absolute Gasteiger partial charge is 0.478 e. The predicted octanol–water partition coefficient (Wildman–Crippen LogP) is 2.44. The maximum Gasteiger partial charge on any atom is 0.338 e. The van der Waals surface area contributed by atoms with E-state index in [-0.39, 0.29) is 10.6 Å². The second-order valence-electron chi connectivity index (χ2n) is 4.68. The summed E-state index contributed by atoms with van der Waals surface area (Å²) in [4.78, 5) is 17.1. The van der Waals surface area contributed by atoms with Crippen LogP contribution in [-0.4, -0.2) is 25.6 Å². The number of halogens is 2. The van der Waals surface area contributed by atoms with Gasteiger partial charge in [0.2, 0.25) is 0 Å². The number of hydrogen-bond donors (Lipinski definition) is 2. The highest BCUT2D eigenvalue weighted by molar-refractivity contribution is 9.10. The Morgan fingerprint density at radius 1 is 1.38 bits per heavy atom. The van der Waals surface area contributed by atoms with Crippen LogP contribution in [0.15, 0.2) is 21.5 Å². The Bertz CT molecular complexity index is 658. The summed E-state index contributed by atoms with van der Waals surface area (Å²) in [6, 6.07) is 1.98. The average Bonchev–Trinajstić information content (AvgIpc) is 2.91. The summed E-state index contributed by atoms with van der Waals surface area (Å²) in [5.74, 6) is -2.88. The van der Waals surface area contributed by atoms with E-state index in [2.05, 4.69) is 15.9 Å². The fraction of sp³-hybridized carbons (Fsp3) is 0.417. The summed E-state index contributed by atoms with van der Waals surface area (Å²) in [6.07, 6.45) is 3.10. The second kappa shape index (κ2) is 6.39. The lowest BCUT2D eigenvalue weighted by Gasteiger charge is -2.13. The molecule has 6 nitrogen and oxygen atoms in total. The van der Waals surface area contributed by atoms with Crippen LogP contribution in [0.25, 0.3) is 0 Å². The Hall–Kier alpha value is -1.03. The Balaban J connectivity index is 2.28. The molecule has 0 unspecified atom stereocenters. The summed E-state index contributed by atoms with van der Waals surface area (Å²) in [5.41, 5.74) is -0.731. The Morgan fingerprint density at radius 2 is 2.00 bits per heavy atom. The summed E-state index contributed by atoms with van der Waals surface area (Å²) in [6.45, 7) is 0. The summed E-state index contributed by atoms with van der Waals surface area (Å²) < 4.78 is 38.3. The van der Waals surface area contributed by atoms with Gasteiger partial charge in [-0.1, -0.05) is 33.7 Å². The highest BCUT2D eigenvalue weighted by Crippen LogP contribution is 2.25. The third-order valence-corrected chi connectivity index (χ3v) is 4.80. The molecule has 0 radical (unpaired) electrons. The van der Waals surface area contributed by atoms with Gasteiger partial charge < -0.3 is 5.11 Å². The third kappa shape index (κ3) is 3.79. The van der Waals surface area contributed by atoms with Gasteiger partial charge in [0, 0.05) is 4.47 Å². The molecule has 116 valence electrons. The highest BCUT2D eigenvalue weighted by Gasteiger charge is 2.27. The summed E-state index contributed by atoms with van der Waals surface area (Å²) in [5, 5.41) is 8.88. The van der Waals surface area contributed by atoms with Crippen LogP contribution >= 0.6 is 15.9 Å². The molecule has 2 N–H and O–H groups in total. The minimum atomic E-state index is -4.30. The van der Waals surface area contributed by atoms with Crippen LogP contribution in [-0.2, 0) is 14.9 Å². The maximum atomic E-state index is 14.0. The van der Waals surface area contributed by atoms with Crippen LogP contribution in [0.1, 0.15) is 36.0 Å². The minimum absolute atomic E-state index is 0.141. The Kier molecular flexibility index (Phi) is 4.97. The van der Waals surface area contributed by atoms with E-state index in [1.165, 1.54) is 0 Å². The van der Waals surface area contributed by atoms with Crippen molar-refractivity contribution in [3.63, 3.8) is 0 Å². The Morgan fingerprint density at radius 3 is 2.57 bits per heavy atom. The lowest BCUT2D eigenvalue weighted by molar-refractivity contribution is 0.0222. The molecule has 0 saturated heterocycles. The first kappa shape index (κ1) is 16.3. The normalized spacial score (nSPS) is 16.3. The van der Waals surface area contributed by atoms with E-state index in [1.807, 2.05) is 4.89 Å². The van der Waals surface area contributed by atoms with Crippen molar-refractivity contribution in [3.8, 4) is 0 Å². The van der Waals surface area contributed by atoms with Gasteiger partial charge in [-0.2, -0.15) is 0 Å².